The third-order valence-corrected chi connectivity index (χ3v) is 7.14. The van der Waals surface area contributed by atoms with Crippen LogP contribution in [0.3, 0.4) is 0 Å². The van der Waals surface area contributed by atoms with Crippen LogP contribution in [0.15, 0.2) is 47.9 Å². The quantitative estimate of drug-likeness (QED) is 0.493. The summed E-state index contributed by atoms with van der Waals surface area (Å²) in [7, 11) is -1.98. The van der Waals surface area contributed by atoms with E-state index in [0.717, 1.165) is 5.56 Å². The van der Waals surface area contributed by atoms with Crippen LogP contribution in [-0.2, 0) is 30.2 Å². The summed E-state index contributed by atoms with van der Waals surface area (Å²) in [6.07, 6.45) is 5.98. The highest BCUT2D eigenvalue weighted by Gasteiger charge is 2.31. The number of ether oxygens (including phenoxy) is 1. The molecule has 0 aliphatic carbocycles. The predicted molar refractivity (Wildman–Crippen MR) is 115 cm³/mol. The van der Waals surface area contributed by atoms with Crippen molar-refractivity contribution >= 4 is 10.0 Å². The average molecular weight is 432 g/mol. The van der Waals surface area contributed by atoms with Gasteiger partial charge in [0.1, 0.15) is 10.6 Å². The zero-order chi connectivity index (χ0) is 21.7. The molecule has 3 rings (SSSR count). The molecular weight excluding hydrogens is 402 g/mol. The maximum atomic E-state index is 13.7. The lowest BCUT2D eigenvalue weighted by molar-refractivity contribution is 0.326. The zero-order valence-electron chi connectivity index (χ0n) is 17.9. The second-order valence-corrected chi connectivity index (χ2v) is 9.03. The van der Waals surface area contributed by atoms with Crippen LogP contribution in [0.4, 0.5) is 0 Å². The van der Waals surface area contributed by atoms with E-state index >= 15 is 0 Å². The van der Waals surface area contributed by atoms with Crippen LogP contribution < -0.4 is 4.74 Å². The van der Waals surface area contributed by atoms with E-state index in [1.165, 1.54) is 4.31 Å². The summed E-state index contributed by atoms with van der Waals surface area (Å²) in [5.41, 5.74) is 1.97. The Morgan fingerprint density at radius 2 is 1.97 bits per heavy atom. The summed E-state index contributed by atoms with van der Waals surface area (Å²) >= 11 is 0. The van der Waals surface area contributed by atoms with Gasteiger partial charge in [-0.2, -0.15) is 9.40 Å². The highest BCUT2D eigenvalue weighted by atomic mass is 32.2. The zero-order valence-corrected chi connectivity index (χ0v) is 18.8. The van der Waals surface area contributed by atoms with Gasteiger partial charge in [-0.1, -0.05) is 18.2 Å². The molecular formula is C21H29N5O3S. The lowest BCUT2D eigenvalue weighted by Crippen LogP contribution is -2.33. The summed E-state index contributed by atoms with van der Waals surface area (Å²) in [5, 5.41) is 4.31. The highest BCUT2D eigenvalue weighted by molar-refractivity contribution is 7.89. The molecule has 2 aromatic heterocycles. The molecule has 0 N–H and O–H groups in total. The molecule has 8 nitrogen and oxygen atoms in total. The van der Waals surface area contributed by atoms with Crippen LogP contribution in [0.2, 0.25) is 0 Å². The summed E-state index contributed by atoms with van der Waals surface area (Å²) in [6, 6.07) is 7.57. The van der Waals surface area contributed by atoms with Crippen molar-refractivity contribution in [3.05, 3.63) is 59.9 Å². The summed E-state index contributed by atoms with van der Waals surface area (Å²) in [5.74, 6) is 0.703. The first-order valence-corrected chi connectivity index (χ1v) is 11.5. The number of sulfonamides is 1. The van der Waals surface area contributed by atoms with E-state index < -0.39 is 10.0 Å². The second kappa shape index (κ2) is 9.44. The molecule has 9 heteroatoms. The number of imidazole rings is 1. The molecule has 0 amide bonds. The Kier molecular flexibility index (Phi) is 6.94. The molecule has 0 atom stereocenters. The predicted octanol–water partition coefficient (Wildman–Crippen LogP) is 2.91. The summed E-state index contributed by atoms with van der Waals surface area (Å²) in [4.78, 5) is 4.32. The maximum Gasteiger partial charge on any atom is 0.247 e. The Morgan fingerprint density at radius 1 is 1.20 bits per heavy atom. The number of hydrogen-bond acceptors (Lipinski definition) is 5. The molecule has 0 aliphatic heterocycles. The van der Waals surface area contributed by atoms with Crippen LogP contribution in [0.1, 0.15) is 30.3 Å². The first kappa shape index (κ1) is 22.0. The van der Waals surface area contributed by atoms with Gasteiger partial charge in [0.05, 0.1) is 24.3 Å². The molecule has 0 aliphatic rings. The summed E-state index contributed by atoms with van der Waals surface area (Å²) in [6.45, 7) is 7.24. The van der Waals surface area contributed by atoms with E-state index in [2.05, 4.69) is 10.1 Å². The normalized spacial score (nSPS) is 11.9. The van der Waals surface area contributed by atoms with Gasteiger partial charge in [-0.3, -0.25) is 4.68 Å². The number of aromatic nitrogens is 4. The fourth-order valence-electron chi connectivity index (χ4n) is 3.51. The molecule has 3 aromatic rings. The monoisotopic (exact) mass is 431 g/mol. The molecule has 0 saturated carbocycles. The van der Waals surface area contributed by atoms with Crippen molar-refractivity contribution in [2.45, 2.75) is 45.2 Å². The lowest BCUT2D eigenvalue weighted by Gasteiger charge is -2.24. The maximum absolute atomic E-state index is 13.7. The van der Waals surface area contributed by atoms with Crippen molar-refractivity contribution in [2.24, 2.45) is 7.05 Å². The van der Waals surface area contributed by atoms with Gasteiger partial charge in [-0.15, -0.1) is 0 Å². The molecule has 162 valence electrons. The second-order valence-electron chi connectivity index (χ2n) is 7.16. The van der Waals surface area contributed by atoms with Gasteiger partial charge in [0.2, 0.25) is 10.0 Å². The van der Waals surface area contributed by atoms with Gasteiger partial charge in [0.25, 0.3) is 0 Å². The minimum absolute atomic E-state index is 0.232. The molecule has 0 fully saturated rings. The van der Waals surface area contributed by atoms with Crippen molar-refractivity contribution in [1.29, 1.82) is 0 Å². The first-order chi connectivity index (χ1) is 14.3. The molecule has 0 bridgehead atoms. The van der Waals surface area contributed by atoms with E-state index in [4.69, 9.17) is 4.74 Å². The first-order valence-electron chi connectivity index (χ1n) is 10.0. The molecule has 30 heavy (non-hydrogen) atoms. The van der Waals surface area contributed by atoms with Crippen molar-refractivity contribution < 1.29 is 13.2 Å². The lowest BCUT2D eigenvalue weighted by atomic mass is 10.2. The number of benzene rings is 1. The third kappa shape index (κ3) is 4.73. The largest absolute Gasteiger partial charge is 0.494 e. The third-order valence-electron chi connectivity index (χ3n) is 5.04. The van der Waals surface area contributed by atoms with Gasteiger partial charge in [-0.25, -0.2) is 13.4 Å². The van der Waals surface area contributed by atoms with E-state index in [0.29, 0.717) is 43.3 Å². The SMILES string of the molecule is CCOc1ccccc1CN(CCCn1ccnc1)S(=O)(=O)c1c(C)nn(C)c1C. The van der Waals surface area contributed by atoms with Crippen molar-refractivity contribution in [2.75, 3.05) is 13.2 Å². The Morgan fingerprint density at radius 3 is 2.60 bits per heavy atom. The van der Waals surface area contributed by atoms with Crippen LogP contribution in [0.25, 0.3) is 0 Å². The standard InChI is InChI=1S/C21H29N5O3S/c1-5-29-20-10-7-6-9-19(20)15-26(13-8-12-25-14-11-22-16-25)30(27,28)21-17(2)23-24(4)18(21)3/h6-7,9-11,14,16H,5,8,12-13,15H2,1-4H3. The Bertz CT molecular complexity index is 1070. The minimum Gasteiger partial charge on any atom is -0.494 e. The molecule has 2 heterocycles. The fraction of sp³-hybridized carbons (Fsp3) is 0.429. The molecule has 0 radical (unpaired) electrons. The number of hydrogen-bond donors (Lipinski definition) is 0. The van der Waals surface area contributed by atoms with E-state index in [1.54, 1.807) is 38.1 Å². The Labute approximate surface area is 178 Å². The van der Waals surface area contributed by atoms with Crippen LogP contribution in [0, 0.1) is 13.8 Å². The van der Waals surface area contributed by atoms with Gasteiger partial charge in [-0.05, 0) is 33.3 Å². The number of para-hydroxylation sites is 1. The van der Waals surface area contributed by atoms with Crippen LogP contribution >= 0.6 is 0 Å². The Balaban J connectivity index is 1.92. The smallest absolute Gasteiger partial charge is 0.247 e. The van der Waals surface area contributed by atoms with Crippen molar-refractivity contribution in [3.63, 3.8) is 0 Å². The van der Waals surface area contributed by atoms with Gasteiger partial charge in [0, 0.05) is 44.6 Å². The van der Waals surface area contributed by atoms with Gasteiger partial charge in [0.15, 0.2) is 0 Å². The Hall–Kier alpha value is -2.65. The van der Waals surface area contributed by atoms with Crippen molar-refractivity contribution in [1.82, 2.24) is 23.6 Å². The number of rotatable bonds is 10. The van der Waals surface area contributed by atoms with E-state index in [1.807, 2.05) is 42.0 Å². The average Bonchev–Trinajstić information content (AvgIpc) is 3.30. The molecule has 0 spiro atoms. The van der Waals surface area contributed by atoms with Crippen LogP contribution in [-0.4, -0.2) is 45.2 Å². The minimum atomic E-state index is -3.74. The topological polar surface area (TPSA) is 82.2 Å². The van der Waals surface area contributed by atoms with E-state index in [9.17, 15) is 8.42 Å². The number of aryl methyl sites for hydroxylation is 3. The highest BCUT2D eigenvalue weighted by Crippen LogP contribution is 2.27. The van der Waals surface area contributed by atoms with Crippen LogP contribution in [0.5, 0.6) is 5.75 Å². The fourth-order valence-corrected chi connectivity index (χ4v) is 5.37. The van der Waals surface area contributed by atoms with E-state index in [-0.39, 0.29) is 11.4 Å². The van der Waals surface area contributed by atoms with Gasteiger partial charge >= 0.3 is 0 Å². The summed E-state index contributed by atoms with van der Waals surface area (Å²) < 4.78 is 38.1. The number of nitrogens with zero attached hydrogens (tertiary/aromatic N) is 5. The molecule has 0 unspecified atom stereocenters. The molecule has 0 saturated heterocycles. The van der Waals surface area contributed by atoms with Gasteiger partial charge < -0.3 is 9.30 Å². The molecule has 1 aromatic carbocycles. The van der Waals surface area contributed by atoms with Crippen molar-refractivity contribution in [3.8, 4) is 5.75 Å².